The van der Waals surface area contributed by atoms with Gasteiger partial charge in [0.25, 0.3) is 5.79 Å². The molecule has 0 saturated heterocycles. The third-order valence-electron chi connectivity index (χ3n) is 3.31. The van der Waals surface area contributed by atoms with Gasteiger partial charge in [-0.25, -0.2) is 4.79 Å². The molecule has 0 spiro atoms. The number of carbonyl (C=O) groups is 1. The second-order valence-corrected chi connectivity index (χ2v) is 5.39. The molecular weight excluding hydrogens is 357 g/mol. The Kier molecular flexibility index (Phi) is 5.88. The molecule has 2 N–H and O–H groups in total. The van der Waals surface area contributed by atoms with Crippen molar-refractivity contribution in [2.24, 2.45) is 0 Å². The number of aromatic nitrogens is 2. The van der Waals surface area contributed by atoms with E-state index in [0.717, 1.165) is 5.56 Å². The minimum atomic E-state index is -5.22. The van der Waals surface area contributed by atoms with Crippen molar-refractivity contribution in [3.05, 3.63) is 47.8 Å². The van der Waals surface area contributed by atoms with Crippen LogP contribution in [0.15, 0.2) is 36.7 Å². The van der Waals surface area contributed by atoms with Gasteiger partial charge in [-0.2, -0.15) is 18.3 Å². The number of nitrogens with zero attached hydrogens (tertiary/aromatic N) is 2. The number of esters is 1. The first-order chi connectivity index (χ1) is 12.1. The van der Waals surface area contributed by atoms with Gasteiger partial charge in [-0.05, 0) is 24.6 Å². The molecule has 0 radical (unpaired) electrons. The first kappa shape index (κ1) is 19.7. The minimum absolute atomic E-state index is 0.0400. The third-order valence-corrected chi connectivity index (χ3v) is 3.31. The van der Waals surface area contributed by atoms with Crippen LogP contribution in [0.25, 0.3) is 0 Å². The maximum absolute atomic E-state index is 12.3. The summed E-state index contributed by atoms with van der Waals surface area (Å²) >= 11 is 0. The fraction of sp³-hybridized carbons (Fsp3) is 0.375. The largest absolute Gasteiger partial charge is 0.488 e. The van der Waals surface area contributed by atoms with Crippen molar-refractivity contribution in [1.29, 1.82) is 0 Å². The van der Waals surface area contributed by atoms with Gasteiger partial charge in [0.05, 0.1) is 24.9 Å². The van der Waals surface area contributed by atoms with Crippen LogP contribution in [0.3, 0.4) is 0 Å². The second-order valence-electron chi connectivity index (χ2n) is 5.39. The molecule has 0 amide bonds. The molecule has 142 valence electrons. The number of alkyl halides is 3. The summed E-state index contributed by atoms with van der Waals surface area (Å²) in [5.74, 6) is -4.37. The van der Waals surface area contributed by atoms with E-state index in [1.54, 1.807) is 19.1 Å². The van der Waals surface area contributed by atoms with Gasteiger partial charge in [-0.15, -0.1) is 0 Å². The van der Waals surface area contributed by atoms with Crippen molar-refractivity contribution < 1.29 is 37.7 Å². The molecular formula is C16H17F3N2O5. The Morgan fingerprint density at radius 1 is 1.23 bits per heavy atom. The first-order valence-electron chi connectivity index (χ1n) is 7.55. The Labute approximate surface area is 146 Å². The van der Waals surface area contributed by atoms with E-state index >= 15 is 0 Å². The Balaban J connectivity index is 1.95. The number of carbonyl (C=O) groups excluding carboxylic acids is 1. The lowest BCUT2D eigenvalue weighted by Crippen LogP contribution is -2.49. The van der Waals surface area contributed by atoms with E-state index in [4.69, 9.17) is 19.7 Å². The molecule has 0 atom stereocenters. The standard InChI is InChI=1S/C16H17F3N2O5/c1-2-25-14(22)12-7-20-21(9-12)8-11-3-5-13(6-4-11)26-10-15(23,24)16(17,18)19/h3-7,9,23-24H,2,8,10H2,1H3. The molecule has 0 unspecified atom stereocenters. The molecule has 7 nitrogen and oxygen atoms in total. The number of hydrogen-bond acceptors (Lipinski definition) is 6. The zero-order chi connectivity index (χ0) is 19.4. The van der Waals surface area contributed by atoms with E-state index in [2.05, 4.69) is 5.10 Å². The quantitative estimate of drug-likeness (QED) is 0.566. The van der Waals surface area contributed by atoms with Crippen LogP contribution in [0.5, 0.6) is 5.75 Å². The number of ether oxygens (including phenoxy) is 2. The van der Waals surface area contributed by atoms with Crippen LogP contribution in [0.1, 0.15) is 22.8 Å². The lowest BCUT2D eigenvalue weighted by atomic mass is 10.2. The number of halogens is 3. The van der Waals surface area contributed by atoms with Crippen molar-refractivity contribution in [2.45, 2.75) is 25.4 Å². The lowest BCUT2D eigenvalue weighted by Gasteiger charge is -2.24. The maximum Gasteiger partial charge on any atom is 0.446 e. The second kappa shape index (κ2) is 7.75. The Hall–Kier alpha value is -2.59. The van der Waals surface area contributed by atoms with Crippen LogP contribution in [0.4, 0.5) is 13.2 Å². The summed E-state index contributed by atoms with van der Waals surface area (Å²) in [6.45, 7) is 0.908. The molecule has 0 bridgehead atoms. The topological polar surface area (TPSA) is 93.8 Å². The zero-order valence-electron chi connectivity index (χ0n) is 13.7. The van der Waals surface area contributed by atoms with Crippen LogP contribution >= 0.6 is 0 Å². The van der Waals surface area contributed by atoms with Gasteiger partial charge in [-0.3, -0.25) is 4.68 Å². The van der Waals surface area contributed by atoms with Crippen LogP contribution in [0, 0.1) is 0 Å². The fourth-order valence-corrected chi connectivity index (χ4v) is 1.91. The number of benzene rings is 1. The average Bonchev–Trinajstić information content (AvgIpc) is 3.02. The average molecular weight is 374 g/mol. The van der Waals surface area contributed by atoms with Crippen molar-refractivity contribution in [3.63, 3.8) is 0 Å². The smallest absolute Gasteiger partial charge is 0.446 e. The zero-order valence-corrected chi connectivity index (χ0v) is 13.7. The summed E-state index contributed by atoms with van der Waals surface area (Å²) < 4.78 is 48.1. The summed E-state index contributed by atoms with van der Waals surface area (Å²) in [7, 11) is 0. The van der Waals surface area contributed by atoms with E-state index < -0.39 is 24.5 Å². The Bertz CT molecular complexity index is 741. The summed E-state index contributed by atoms with van der Waals surface area (Å²) in [4.78, 5) is 11.6. The number of rotatable bonds is 7. The van der Waals surface area contributed by atoms with Crippen LogP contribution < -0.4 is 4.74 Å². The molecule has 1 aromatic carbocycles. The molecule has 0 fully saturated rings. The Morgan fingerprint density at radius 3 is 2.46 bits per heavy atom. The summed E-state index contributed by atoms with van der Waals surface area (Å²) in [6.07, 6.45) is -2.34. The van der Waals surface area contributed by atoms with Gasteiger partial charge in [0, 0.05) is 6.20 Å². The van der Waals surface area contributed by atoms with Gasteiger partial charge >= 0.3 is 12.1 Å². The van der Waals surface area contributed by atoms with Gasteiger partial charge < -0.3 is 19.7 Å². The summed E-state index contributed by atoms with van der Waals surface area (Å²) in [6, 6.07) is 5.92. The van der Waals surface area contributed by atoms with E-state index in [1.165, 1.54) is 29.2 Å². The maximum atomic E-state index is 12.3. The van der Waals surface area contributed by atoms with Crippen molar-refractivity contribution in [1.82, 2.24) is 9.78 Å². The summed E-state index contributed by atoms with van der Waals surface area (Å²) in [5, 5.41) is 21.8. The molecule has 1 aromatic heterocycles. The van der Waals surface area contributed by atoms with Crippen LogP contribution in [-0.4, -0.2) is 51.1 Å². The lowest BCUT2D eigenvalue weighted by molar-refractivity contribution is -0.355. The van der Waals surface area contributed by atoms with Gasteiger partial charge in [0.15, 0.2) is 6.61 Å². The van der Waals surface area contributed by atoms with E-state index in [0.29, 0.717) is 12.1 Å². The van der Waals surface area contributed by atoms with Gasteiger partial charge in [0.1, 0.15) is 5.75 Å². The molecule has 1 heterocycles. The number of aliphatic hydroxyl groups is 2. The number of hydrogen-bond donors (Lipinski definition) is 2. The third kappa shape index (κ3) is 4.96. The molecule has 0 aliphatic heterocycles. The van der Waals surface area contributed by atoms with E-state index in [-0.39, 0.29) is 12.4 Å². The highest BCUT2D eigenvalue weighted by molar-refractivity contribution is 5.88. The molecule has 2 rings (SSSR count). The van der Waals surface area contributed by atoms with Crippen molar-refractivity contribution >= 4 is 5.97 Å². The van der Waals surface area contributed by atoms with Crippen LogP contribution in [-0.2, 0) is 11.3 Å². The van der Waals surface area contributed by atoms with Crippen LogP contribution in [0.2, 0.25) is 0 Å². The highest BCUT2D eigenvalue weighted by Gasteiger charge is 2.53. The molecule has 26 heavy (non-hydrogen) atoms. The highest BCUT2D eigenvalue weighted by Crippen LogP contribution is 2.28. The van der Waals surface area contributed by atoms with Crippen molar-refractivity contribution in [3.8, 4) is 5.75 Å². The van der Waals surface area contributed by atoms with E-state index in [1.807, 2.05) is 0 Å². The fourth-order valence-electron chi connectivity index (χ4n) is 1.91. The van der Waals surface area contributed by atoms with Crippen molar-refractivity contribution in [2.75, 3.05) is 13.2 Å². The summed E-state index contributed by atoms with van der Waals surface area (Å²) in [5.41, 5.74) is 1.05. The predicted octanol–water partition coefficient (Wildman–Crippen LogP) is 1.73. The van der Waals surface area contributed by atoms with E-state index in [9.17, 15) is 18.0 Å². The molecule has 0 aliphatic carbocycles. The van der Waals surface area contributed by atoms with Gasteiger partial charge in [0.2, 0.25) is 0 Å². The van der Waals surface area contributed by atoms with Gasteiger partial charge in [-0.1, -0.05) is 12.1 Å². The monoisotopic (exact) mass is 374 g/mol. The molecule has 0 saturated carbocycles. The normalized spacial score (nSPS) is 12.1. The first-order valence-corrected chi connectivity index (χ1v) is 7.55. The highest BCUT2D eigenvalue weighted by atomic mass is 19.4. The molecule has 0 aliphatic rings. The predicted molar refractivity (Wildman–Crippen MR) is 82.4 cm³/mol. The molecule has 10 heteroatoms. The molecule has 2 aromatic rings. The SMILES string of the molecule is CCOC(=O)c1cnn(Cc2ccc(OCC(O)(O)C(F)(F)F)cc2)c1. The minimum Gasteiger partial charge on any atom is -0.488 e. The Morgan fingerprint density at radius 2 is 1.88 bits per heavy atom.